The van der Waals surface area contributed by atoms with Gasteiger partial charge in [-0.1, -0.05) is 0 Å². The molecule has 0 spiro atoms. The molecule has 8 heteroatoms. The fourth-order valence-electron chi connectivity index (χ4n) is 3.45. The van der Waals surface area contributed by atoms with Gasteiger partial charge >= 0.3 is 170 Å². The SMILES string of the molecule is CN1CCCN(Cc2[se]c3c(ccc4c(=O)cc(C(=O)O)oc43)c2Br)CC1. The van der Waals surface area contributed by atoms with Crippen LogP contribution in [0.25, 0.3) is 20.6 Å². The summed E-state index contributed by atoms with van der Waals surface area (Å²) >= 11 is 3.72. The van der Waals surface area contributed by atoms with E-state index in [0.717, 1.165) is 59.3 Å². The Morgan fingerprint density at radius 3 is 2.81 bits per heavy atom. The predicted molar refractivity (Wildman–Crippen MR) is 109 cm³/mol. The first-order valence-corrected chi connectivity index (χ1v) is 11.3. The van der Waals surface area contributed by atoms with Crippen LogP contribution in [0.4, 0.5) is 0 Å². The van der Waals surface area contributed by atoms with E-state index in [9.17, 15) is 14.7 Å². The summed E-state index contributed by atoms with van der Waals surface area (Å²) in [6, 6.07) is 4.72. The molecule has 1 N–H and O–H groups in total. The fraction of sp³-hybridized carbons (Fsp3) is 0.368. The van der Waals surface area contributed by atoms with Gasteiger partial charge in [0, 0.05) is 0 Å². The van der Waals surface area contributed by atoms with Gasteiger partial charge in [-0.25, -0.2) is 0 Å². The average molecular weight is 498 g/mol. The maximum atomic E-state index is 12.3. The van der Waals surface area contributed by atoms with Crippen molar-refractivity contribution in [2.75, 3.05) is 33.2 Å². The third-order valence-electron chi connectivity index (χ3n) is 4.95. The molecule has 1 saturated heterocycles. The number of carbonyl (C=O) groups is 1. The number of hydrogen-bond acceptors (Lipinski definition) is 5. The number of hydrogen-bond donors (Lipinski definition) is 1. The molecule has 0 radical (unpaired) electrons. The second-order valence-electron chi connectivity index (χ2n) is 6.87. The van der Waals surface area contributed by atoms with Crippen LogP contribution in [0.2, 0.25) is 0 Å². The third-order valence-corrected chi connectivity index (χ3v) is 8.94. The Labute approximate surface area is 170 Å². The zero-order chi connectivity index (χ0) is 19.1. The summed E-state index contributed by atoms with van der Waals surface area (Å²) in [5.74, 6) is -1.53. The molecule has 0 unspecified atom stereocenters. The minimum atomic E-state index is -1.22. The van der Waals surface area contributed by atoms with Crippen LogP contribution >= 0.6 is 15.9 Å². The van der Waals surface area contributed by atoms with Crippen molar-refractivity contribution in [1.29, 1.82) is 0 Å². The van der Waals surface area contributed by atoms with Gasteiger partial charge in [-0.3, -0.25) is 0 Å². The monoisotopic (exact) mass is 498 g/mol. The van der Waals surface area contributed by atoms with Crippen LogP contribution in [-0.4, -0.2) is 68.6 Å². The molecule has 0 atom stereocenters. The Morgan fingerprint density at radius 1 is 1.26 bits per heavy atom. The van der Waals surface area contributed by atoms with Crippen LogP contribution in [0.3, 0.4) is 0 Å². The molecule has 0 bridgehead atoms. The summed E-state index contributed by atoms with van der Waals surface area (Å²) in [7, 11) is 2.15. The molecule has 27 heavy (non-hydrogen) atoms. The van der Waals surface area contributed by atoms with Gasteiger partial charge in [-0.2, -0.15) is 0 Å². The van der Waals surface area contributed by atoms with Crippen LogP contribution in [0, 0.1) is 0 Å². The average Bonchev–Trinajstić information content (AvgIpc) is 2.81. The number of halogens is 1. The van der Waals surface area contributed by atoms with E-state index in [1.165, 1.54) is 4.44 Å². The normalized spacial score (nSPS) is 16.8. The number of fused-ring (bicyclic) bond motifs is 3. The standard InChI is InChI=1S/C19H19BrN2O4Se/c1-21-5-2-6-22(8-7-21)10-15-16(20)12-4-3-11-13(23)9-14(19(24)25)26-17(11)18(12)27-15/h3-4,9H,2,5-8,10H2,1H3,(H,24,25). The predicted octanol–water partition coefficient (Wildman–Crippen LogP) is 2.60. The summed E-state index contributed by atoms with van der Waals surface area (Å²) in [5, 5.41) is 10.7. The fourth-order valence-corrected chi connectivity index (χ4v) is 7.18. The summed E-state index contributed by atoms with van der Waals surface area (Å²) in [4.78, 5) is 28.4. The van der Waals surface area contributed by atoms with Crippen molar-refractivity contribution in [3.63, 3.8) is 0 Å². The molecule has 6 nitrogen and oxygen atoms in total. The van der Waals surface area contributed by atoms with Gasteiger partial charge in [0.25, 0.3) is 0 Å². The first kappa shape index (κ1) is 18.9. The molecular weight excluding hydrogens is 479 g/mol. The summed E-state index contributed by atoms with van der Waals surface area (Å²) in [6.45, 7) is 5.17. The quantitative estimate of drug-likeness (QED) is 0.560. The van der Waals surface area contributed by atoms with Crippen molar-refractivity contribution in [2.45, 2.75) is 13.0 Å². The molecule has 1 aliphatic heterocycles. The molecule has 0 amide bonds. The first-order chi connectivity index (χ1) is 12.9. The Morgan fingerprint density at radius 2 is 2.04 bits per heavy atom. The van der Waals surface area contributed by atoms with Crippen LogP contribution in [0.1, 0.15) is 21.4 Å². The number of likely N-dealkylation sites (N-methyl/N-ethyl adjacent to an activating group) is 1. The van der Waals surface area contributed by atoms with E-state index in [-0.39, 0.29) is 25.7 Å². The van der Waals surface area contributed by atoms with Crippen molar-refractivity contribution >= 4 is 57.0 Å². The van der Waals surface area contributed by atoms with Gasteiger partial charge in [0.1, 0.15) is 0 Å². The van der Waals surface area contributed by atoms with Crippen LogP contribution in [-0.2, 0) is 6.54 Å². The number of benzene rings is 1. The van der Waals surface area contributed by atoms with Crippen molar-refractivity contribution in [1.82, 2.24) is 9.80 Å². The van der Waals surface area contributed by atoms with Gasteiger partial charge in [-0.15, -0.1) is 0 Å². The van der Waals surface area contributed by atoms with Crippen LogP contribution in [0.5, 0.6) is 0 Å². The molecule has 0 aliphatic carbocycles. The number of carboxylic acids is 1. The van der Waals surface area contributed by atoms with Gasteiger partial charge in [0.05, 0.1) is 0 Å². The Bertz CT molecular complexity index is 1090. The molecule has 2 aromatic heterocycles. The number of nitrogens with zero attached hydrogens (tertiary/aromatic N) is 2. The molecule has 142 valence electrons. The molecule has 1 fully saturated rings. The number of rotatable bonds is 3. The molecular formula is C19H19BrN2O4Se. The first-order valence-electron chi connectivity index (χ1n) is 8.76. The van der Waals surface area contributed by atoms with E-state index in [1.54, 1.807) is 6.07 Å². The second-order valence-corrected chi connectivity index (χ2v) is 9.98. The van der Waals surface area contributed by atoms with Crippen molar-refractivity contribution < 1.29 is 14.3 Å². The number of carboxylic acid groups (broad SMARTS) is 1. The summed E-state index contributed by atoms with van der Waals surface area (Å²) < 4.78 is 8.93. The molecule has 3 aromatic rings. The van der Waals surface area contributed by atoms with E-state index >= 15 is 0 Å². The zero-order valence-electron chi connectivity index (χ0n) is 14.8. The second kappa shape index (κ2) is 7.53. The Balaban J connectivity index is 1.79. The van der Waals surface area contributed by atoms with E-state index < -0.39 is 5.97 Å². The summed E-state index contributed by atoms with van der Waals surface area (Å²) in [6.07, 6.45) is 1.15. The van der Waals surface area contributed by atoms with E-state index in [4.69, 9.17) is 4.42 Å². The minimum absolute atomic E-state index is 0.0149. The van der Waals surface area contributed by atoms with Crippen LogP contribution in [0.15, 0.2) is 31.9 Å². The van der Waals surface area contributed by atoms with Gasteiger partial charge in [0.2, 0.25) is 0 Å². The van der Waals surface area contributed by atoms with Crippen molar-refractivity contribution in [2.24, 2.45) is 0 Å². The third kappa shape index (κ3) is 3.64. The Hall–Kier alpha value is -1.44. The molecule has 1 aromatic carbocycles. The zero-order valence-corrected chi connectivity index (χ0v) is 18.1. The van der Waals surface area contributed by atoms with E-state index in [0.29, 0.717) is 11.0 Å². The van der Waals surface area contributed by atoms with E-state index in [1.807, 2.05) is 6.07 Å². The van der Waals surface area contributed by atoms with Crippen molar-refractivity contribution in [3.8, 4) is 0 Å². The maximum absolute atomic E-state index is 12.3. The molecule has 0 saturated carbocycles. The van der Waals surface area contributed by atoms with Crippen molar-refractivity contribution in [3.05, 3.63) is 43.1 Å². The number of aromatic carboxylic acids is 1. The van der Waals surface area contributed by atoms with Gasteiger partial charge in [0.15, 0.2) is 0 Å². The topological polar surface area (TPSA) is 74.0 Å². The van der Waals surface area contributed by atoms with Gasteiger partial charge < -0.3 is 0 Å². The van der Waals surface area contributed by atoms with Crippen LogP contribution < -0.4 is 5.43 Å². The molecule has 3 heterocycles. The molecule has 1 aliphatic rings. The van der Waals surface area contributed by atoms with E-state index in [2.05, 4.69) is 32.8 Å². The Kier molecular flexibility index (Phi) is 5.27. The summed E-state index contributed by atoms with van der Waals surface area (Å²) in [5.41, 5.74) is 0.104. The van der Waals surface area contributed by atoms with Gasteiger partial charge in [-0.05, 0) is 0 Å². The molecule has 4 rings (SSSR count).